The van der Waals surface area contributed by atoms with E-state index in [1.807, 2.05) is 12.1 Å². The number of nitrogens with zero attached hydrogens (tertiary/aromatic N) is 1. The highest BCUT2D eigenvalue weighted by atomic mass is 16.5. The first-order chi connectivity index (χ1) is 11.6. The molecular formula is C17H22N2O5. The lowest BCUT2D eigenvalue weighted by atomic mass is 10.1. The topological polar surface area (TPSA) is 77.1 Å². The highest BCUT2D eigenvalue weighted by Crippen LogP contribution is 2.27. The van der Waals surface area contributed by atoms with Crippen molar-refractivity contribution in [3.8, 4) is 11.5 Å². The lowest BCUT2D eigenvalue weighted by Crippen LogP contribution is -2.56. The van der Waals surface area contributed by atoms with Gasteiger partial charge in [-0.05, 0) is 25.0 Å². The summed E-state index contributed by atoms with van der Waals surface area (Å²) < 4.78 is 15.8. The third-order valence-corrected chi connectivity index (χ3v) is 4.26. The Morgan fingerprint density at radius 3 is 2.79 bits per heavy atom. The molecule has 130 valence electrons. The molecule has 1 heterocycles. The number of ether oxygens (including phenoxy) is 3. The van der Waals surface area contributed by atoms with Crippen LogP contribution in [-0.4, -0.2) is 56.2 Å². The van der Waals surface area contributed by atoms with Crippen LogP contribution in [0.3, 0.4) is 0 Å². The Hall–Kier alpha value is -2.28. The van der Waals surface area contributed by atoms with Gasteiger partial charge in [0, 0.05) is 17.7 Å². The molecule has 1 aliphatic heterocycles. The Morgan fingerprint density at radius 1 is 1.33 bits per heavy atom. The molecule has 0 radical (unpaired) electrons. The van der Waals surface area contributed by atoms with Crippen LogP contribution >= 0.6 is 0 Å². The number of carbonyl (C=O) groups is 2. The summed E-state index contributed by atoms with van der Waals surface area (Å²) in [7, 11) is 3.15. The van der Waals surface area contributed by atoms with Crippen LogP contribution in [0.5, 0.6) is 11.5 Å². The van der Waals surface area contributed by atoms with Gasteiger partial charge in [0.2, 0.25) is 11.8 Å². The zero-order chi connectivity index (χ0) is 17.1. The minimum absolute atomic E-state index is 0.00826. The van der Waals surface area contributed by atoms with Gasteiger partial charge in [0.25, 0.3) is 0 Å². The average molecular weight is 334 g/mol. The van der Waals surface area contributed by atoms with Crippen molar-refractivity contribution in [1.29, 1.82) is 0 Å². The van der Waals surface area contributed by atoms with Crippen molar-refractivity contribution in [2.45, 2.75) is 31.5 Å². The number of benzene rings is 1. The second-order valence-corrected chi connectivity index (χ2v) is 6.01. The van der Waals surface area contributed by atoms with E-state index in [0.717, 1.165) is 18.4 Å². The van der Waals surface area contributed by atoms with Crippen LogP contribution in [0, 0.1) is 0 Å². The van der Waals surface area contributed by atoms with E-state index >= 15 is 0 Å². The molecule has 2 amide bonds. The van der Waals surface area contributed by atoms with Gasteiger partial charge in [0.1, 0.15) is 24.1 Å². The summed E-state index contributed by atoms with van der Waals surface area (Å²) in [4.78, 5) is 26.3. The molecule has 0 bridgehead atoms. The van der Waals surface area contributed by atoms with Gasteiger partial charge in [-0.15, -0.1) is 0 Å². The number of hydrogen-bond donors (Lipinski definition) is 1. The number of nitrogens with one attached hydrogen (secondary N) is 1. The van der Waals surface area contributed by atoms with Gasteiger partial charge in [0.05, 0.1) is 27.4 Å². The second-order valence-electron chi connectivity index (χ2n) is 6.01. The van der Waals surface area contributed by atoms with Crippen molar-refractivity contribution in [3.63, 3.8) is 0 Å². The van der Waals surface area contributed by atoms with E-state index in [2.05, 4.69) is 5.32 Å². The third-order valence-electron chi connectivity index (χ3n) is 4.26. The zero-order valence-corrected chi connectivity index (χ0v) is 13.9. The van der Waals surface area contributed by atoms with E-state index in [1.165, 1.54) is 0 Å². The molecule has 3 rings (SSSR count). The molecule has 0 spiro atoms. The Balaban J connectivity index is 1.79. The minimum atomic E-state index is -0.612. The van der Waals surface area contributed by atoms with E-state index in [9.17, 15) is 9.59 Å². The molecule has 1 aromatic rings. The first kappa shape index (κ1) is 16.6. The second kappa shape index (κ2) is 7.09. The van der Waals surface area contributed by atoms with E-state index in [1.54, 1.807) is 25.2 Å². The molecular weight excluding hydrogens is 312 g/mol. The fourth-order valence-electron chi connectivity index (χ4n) is 2.71. The molecule has 7 nitrogen and oxygen atoms in total. The molecule has 1 aromatic carbocycles. The molecule has 0 unspecified atom stereocenters. The fourth-order valence-corrected chi connectivity index (χ4v) is 2.71. The molecule has 2 fully saturated rings. The Bertz CT molecular complexity index is 629. The molecule has 1 atom stereocenters. The van der Waals surface area contributed by atoms with Crippen LogP contribution in [0.25, 0.3) is 0 Å². The number of rotatable bonds is 6. The molecule has 0 aromatic heterocycles. The van der Waals surface area contributed by atoms with E-state index in [-0.39, 0.29) is 37.6 Å². The van der Waals surface area contributed by atoms with Crippen molar-refractivity contribution >= 4 is 11.8 Å². The molecule has 1 aliphatic carbocycles. The van der Waals surface area contributed by atoms with Gasteiger partial charge in [-0.1, -0.05) is 0 Å². The minimum Gasteiger partial charge on any atom is -0.497 e. The van der Waals surface area contributed by atoms with Gasteiger partial charge >= 0.3 is 0 Å². The van der Waals surface area contributed by atoms with Gasteiger partial charge in [0.15, 0.2) is 0 Å². The highest BCUT2D eigenvalue weighted by molar-refractivity contribution is 5.89. The van der Waals surface area contributed by atoms with Crippen LogP contribution < -0.4 is 14.8 Å². The molecule has 7 heteroatoms. The van der Waals surface area contributed by atoms with Crippen LogP contribution in [-0.2, 0) is 20.9 Å². The molecule has 2 aliphatic rings. The summed E-state index contributed by atoms with van der Waals surface area (Å²) >= 11 is 0. The Labute approximate surface area is 140 Å². The van der Waals surface area contributed by atoms with E-state index < -0.39 is 6.04 Å². The fraction of sp³-hybridized carbons (Fsp3) is 0.529. The quantitative estimate of drug-likeness (QED) is 0.829. The van der Waals surface area contributed by atoms with Crippen LogP contribution in [0.15, 0.2) is 18.2 Å². The predicted octanol–water partition coefficient (Wildman–Crippen LogP) is 0.710. The zero-order valence-electron chi connectivity index (χ0n) is 13.9. The summed E-state index contributed by atoms with van der Waals surface area (Å²) in [6, 6.07) is 5.04. The number of carbonyl (C=O) groups excluding carboxylic acids is 2. The predicted molar refractivity (Wildman–Crippen MR) is 85.9 cm³/mol. The lowest BCUT2D eigenvalue weighted by molar-refractivity contribution is -0.155. The number of amides is 2. The summed E-state index contributed by atoms with van der Waals surface area (Å²) in [5.41, 5.74) is 0.817. The monoisotopic (exact) mass is 334 g/mol. The average Bonchev–Trinajstić information content (AvgIpc) is 3.40. The molecule has 1 N–H and O–H groups in total. The molecule has 1 saturated carbocycles. The largest absolute Gasteiger partial charge is 0.497 e. The first-order valence-corrected chi connectivity index (χ1v) is 8.01. The first-order valence-electron chi connectivity index (χ1n) is 8.01. The number of hydrogen-bond acceptors (Lipinski definition) is 5. The third kappa shape index (κ3) is 3.62. The normalized spacial score (nSPS) is 20.7. The number of morpholine rings is 1. The molecule has 1 saturated heterocycles. The smallest absolute Gasteiger partial charge is 0.249 e. The SMILES string of the molecule is COc1ccc(CN2C(=O)COC[C@H]2C(=O)NC2CC2)c(OC)c1. The lowest BCUT2D eigenvalue weighted by Gasteiger charge is -2.34. The number of methoxy groups -OCH3 is 2. The van der Waals surface area contributed by atoms with Crippen LogP contribution in [0.2, 0.25) is 0 Å². The van der Waals surface area contributed by atoms with Gasteiger partial charge in [-0.25, -0.2) is 0 Å². The Morgan fingerprint density at radius 2 is 2.12 bits per heavy atom. The standard InChI is InChI=1S/C17H22N2O5/c1-22-13-6-3-11(15(7-13)23-2)8-19-14(9-24-10-16(19)20)17(21)18-12-4-5-12/h3,6-7,12,14H,4-5,8-10H2,1-2H3,(H,18,21)/t14-/m0/s1. The van der Waals surface area contributed by atoms with E-state index in [0.29, 0.717) is 11.5 Å². The van der Waals surface area contributed by atoms with Crippen molar-refractivity contribution < 1.29 is 23.8 Å². The van der Waals surface area contributed by atoms with Gasteiger partial charge in [-0.3, -0.25) is 9.59 Å². The maximum Gasteiger partial charge on any atom is 0.249 e. The van der Waals surface area contributed by atoms with Gasteiger partial charge < -0.3 is 24.4 Å². The van der Waals surface area contributed by atoms with Crippen molar-refractivity contribution in [2.24, 2.45) is 0 Å². The van der Waals surface area contributed by atoms with Crippen molar-refractivity contribution in [3.05, 3.63) is 23.8 Å². The summed E-state index contributed by atoms with van der Waals surface area (Å²) in [6.45, 7) is 0.493. The highest BCUT2D eigenvalue weighted by Gasteiger charge is 2.36. The summed E-state index contributed by atoms with van der Waals surface area (Å²) in [5, 5.41) is 2.94. The maximum atomic E-state index is 12.4. The molecule has 24 heavy (non-hydrogen) atoms. The van der Waals surface area contributed by atoms with E-state index in [4.69, 9.17) is 14.2 Å². The Kier molecular flexibility index (Phi) is 4.89. The summed E-state index contributed by atoms with van der Waals surface area (Å²) in [5.74, 6) is 0.940. The maximum absolute atomic E-state index is 12.4. The van der Waals surface area contributed by atoms with Crippen LogP contribution in [0.4, 0.5) is 0 Å². The van der Waals surface area contributed by atoms with Crippen molar-refractivity contribution in [2.75, 3.05) is 27.4 Å². The van der Waals surface area contributed by atoms with Crippen molar-refractivity contribution in [1.82, 2.24) is 10.2 Å². The summed E-state index contributed by atoms with van der Waals surface area (Å²) in [6.07, 6.45) is 2.00. The van der Waals surface area contributed by atoms with Crippen LogP contribution in [0.1, 0.15) is 18.4 Å². The van der Waals surface area contributed by atoms with Gasteiger partial charge in [-0.2, -0.15) is 0 Å².